The van der Waals surface area contributed by atoms with E-state index in [9.17, 15) is 9.59 Å². The molecule has 1 rings (SSSR count). The van der Waals surface area contributed by atoms with Crippen LogP contribution in [0.2, 0.25) is 0 Å². The van der Waals surface area contributed by atoms with E-state index < -0.39 is 0 Å². The smallest absolute Gasteiger partial charge is 0.220 e. The molecule has 0 bridgehead atoms. The van der Waals surface area contributed by atoms with E-state index in [0.29, 0.717) is 45.8 Å². The second-order valence-corrected chi connectivity index (χ2v) is 7.14. The summed E-state index contributed by atoms with van der Waals surface area (Å²) in [5, 5.41) is 3.78. The van der Waals surface area contributed by atoms with Crippen LogP contribution in [0.5, 0.6) is 0 Å². The number of hydrogen-bond donors (Lipinski definition) is 1. The highest BCUT2D eigenvalue weighted by Gasteiger charge is 2.02. The van der Waals surface area contributed by atoms with Crippen molar-refractivity contribution in [2.24, 2.45) is 0 Å². The number of nitrogens with one attached hydrogen (secondary N) is 1. The molecule has 24 heavy (non-hydrogen) atoms. The van der Waals surface area contributed by atoms with E-state index in [1.807, 2.05) is 18.2 Å². The minimum Gasteiger partial charge on any atom is -0.381 e. The van der Waals surface area contributed by atoms with Crippen LogP contribution in [0.25, 0.3) is 0 Å². The second-order valence-electron chi connectivity index (χ2n) is 4.71. The highest BCUT2D eigenvalue weighted by atomic mass is 33.1. The molecule has 0 aliphatic rings. The van der Waals surface area contributed by atoms with Crippen LogP contribution in [0.15, 0.2) is 29.4 Å². The van der Waals surface area contributed by atoms with Crippen molar-refractivity contribution in [3.8, 4) is 0 Å². The lowest BCUT2D eigenvalue weighted by atomic mass is 10.4. The molecule has 0 aliphatic heterocycles. The predicted molar refractivity (Wildman–Crippen MR) is 97.1 cm³/mol. The largest absolute Gasteiger partial charge is 0.381 e. The molecule has 0 radical (unpaired) electrons. The Balaban J connectivity index is 1.84. The Morgan fingerprint density at radius 1 is 1.21 bits per heavy atom. The number of pyridine rings is 1. The van der Waals surface area contributed by atoms with Gasteiger partial charge in [0.25, 0.3) is 0 Å². The van der Waals surface area contributed by atoms with Gasteiger partial charge in [-0.25, -0.2) is 4.98 Å². The zero-order valence-corrected chi connectivity index (χ0v) is 15.3. The van der Waals surface area contributed by atoms with Crippen LogP contribution >= 0.6 is 21.6 Å². The van der Waals surface area contributed by atoms with Crippen molar-refractivity contribution >= 4 is 33.8 Å². The van der Waals surface area contributed by atoms with E-state index in [4.69, 9.17) is 9.47 Å². The molecule has 0 saturated heterocycles. The number of hydrogen-bond acceptors (Lipinski definition) is 7. The fourth-order valence-electron chi connectivity index (χ4n) is 1.58. The molecule has 1 N–H and O–H groups in total. The number of carbonyl (C=O) groups is 2. The van der Waals surface area contributed by atoms with Crippen LogP contribution < -0.4 is 5.32 Å². The van der Waals surface area contributed by atoms with E-state index in [1.54, 1.807) is 27.8 Å². The first-order chi connectivity index (χ1) is 11.8. The second kappa shape index (κ2) is 15.4. The van der Waals surface area contributed by atoms with Crippen molar-refractivity contribution in [1.29, 1.82) is 0 Å². The van der Waals surface area contributed by atoms with E-state index in [0.717, 1.165) is 23.5 Å². The molecule has 0 saturated carbocycles. The molecule has 0 aliphatic carbocycles. The normalized spacial score (nSPS) is 10.5. The third-order valence-corrected chi connectivity index (χ3v) is 4.99. The number of amides is 1. The van der Waals surface area contributed by atoms with E-state index in [-0.39, 0.29) is 5.91 Å². The Hall–Kier alpha value is -1.09. The minimum atomic E-state index is 0.0323. The lowest BCUT2D eigenvalue weighted by molar-refractivity contribution is -0.121. The van der Waals surface area contributed by atoms with Gasteiger partial charge in [-0.2, -0.15) is 0 Å². The number of rotatable bonds is 15. The van der Waals surface area contributed by atoms with Gasteiger partial charge in [0.1, 0.15) is 11.3 Å². The summed E-state index contributed by atoms with van der Waals surface area (Å²) in [4.78, 5) is 25.9. The van der Waals surface area contributed by atoms with Crippen LogP contribution in [0.1, 0.15) is 19.3 Å². The summed E-state index contributed by atoms with van der Waals surface area (Å²) < 4.78 is 10.6. The molecular formula is C16H24N2O4S2. The van der Waals surface area contributed by atoms with Gasteiger partial charge in [0.05, 0.1) is 13.2 Å². The lowest BCUT2D eigenvalue weighted by Gasteiger charge is -2.06. The summed E-state index contributed by atoms with van der Waals surface area (Å²) in [5.41, 5.74) is 0. The molecule has 1 amide bonds. The number of nitrogens with zero attached hydrogens (tertiary/aromatic N) is 1. The zero-order valence-electron chi connectivity index (χ0n) is 13.6. The monoisotopic (exact) mass is 372 g/mol. The molecule has 8 heteroatoms. The standard InChI is InChI=1S/C16H24N2O4S2/c19-9-3-10-21-11-4-12-22-13-8-17-15(20)6-14-23-24-16-5-1-2-7-18-16/h1-2,5,7,9H,3-4,6,8,10-14H2,(H,17,20). The van der Waals surface area contributed by atoms with Crippen molar-refractivity contribution in [3.05, 3.63) is 24.4 Å². The van der Waals surface area contributed by atoms with Crippen LogP contribution in [0.3, 0.4) is 0 Å². The van der Waals surface area contributed by atoms with Crippen LogP contribution in [0.4, 0.5) is 0 Å². The van der Waals surface area contributed by atoms with E-state index in [2.05, 4.69) is 10.3 Å². The Morgan fingerprint density at radius 3 is 2.79 bits per heavy atom. The third kappa shape index (κ3) is 12.3. The molecule has 1 aromatic rings. The maximum atomic E-state index is 11.6. The van der Waals surface area contributed by atoms with Gasteiger partial charge in [0, 0.05) is 44.5 Å². The summed E-state index contributed by atoms with van der Waals surface area (Å²) in [6, 6.07) is 5.77. The fourth-order valence-corrected chi connectivity index (χ4v) is 3.45. The molecule has 0 atom stereocenters. The minimum absolute atomic E-state index is 0.0323. The molecular weight excluding hydrogens is 348 g/mol. The van der Waals surface area contributed by atoms with Gasteiger partial charge in [0.15, 0.2) is 0 Å². The summed E-state index contributed by atoms with van der Waals surface area (Å²) in [7, 11) is 3.20. The highest BCUT2D eigenvalue weighted by molar-refractivity contribution is 8.76. The van der Waals surface area contributed by atoms with Crippen molar-refractivity contribution in [2.75, 3.05) is 38.7 Å². The fraction of sp³-hybridized carbons (Fsp3) is 0.562. The van der Waals surface area contributed by atoms with Crippen molar-refractivity contribution in [1.82, 2.24) is 10.3 Å². The van der Waals surface area contributed by atoms with E-state index >= 15 is 0 Å². The van der Waals surface area contributed by atoms with Gasteiger partial charge in [-0.15, -0.1) is 0 Å². The summed E-state index contributed by atoms with van der Waals surface area (Å²) in [6.07, 6.45) is 4.30. The first-order valence-electron chi connectivity index (χ1n) is 7.89. The van der Waals surface area contributed by atoms with Gasteiger partial charge in [0.2, 0.25) is 5.91 Å². The van der Waals surface area contributed by atoms with Crippen LogP contribution in [-0.2, 0) is 19.1 Å². The molecule has 0 unspecified atom stereocenters. The molecule has 0 spiro atoms. The van der Waals surface area contributed by atoms with Gasteiger partial charge >= 0.3 is 0 Å². The molecule has 1 heterocycles. The summed E-state index contributed by atoms with van der Waals surface area (Å²) in [6.45, 7) is 2.66. The molecule has 6 nitrogen and oxygen atoms in total. The van der Waals surface area contributed by atoms with Gasteiger partial charge in [-0.3, -0.25) is 4.79 Å². The lowest BCUT2D eigenvalue weighted by Crippen LogP contribution is -2.27. The SMILES string of the molecule is O=CCCOCCCOCCNC(=O)CCSSc1ccccn1. The van der Waals surface area contributed by atoms with Crippen molar-refractivity contribution < 1.29 is 19.1 Å². The first kappa shape index (κ1) is 21.0. The maximum Gasteiger partial charge on any atom is 0.220 e. The topological polar surface area (TPSA) is 77.5 Å². The molecule has 134 valence electrons. The number of carbonyl (C=O) groups excluding carboxylic acids is 2. The Morgan fingerprint density at radius 2 is 2.04 bits per heavy atom. The van der Waals surface area contributed by atoms with Gasteiger partial charge < -0.3 is 19.6 Å². The Labute approximate surface area is 150 Å². The highest BCUT2D eigenvalue weighted by Crippen LogP contribution is 2.29. The zero-order chi connectivity index (χ0) is 17.3. The summed E-state index contributed by atoms with van der Waals surface area (Å²) >= 11 is 0. The van der Waals surface area contributed by atoms with E-state index in [1.165, 1.54) is 0 Å². The van der Waals surface area contributed by atoms with Crippen molar-refractivity contribution in [2.45, 2.75) is 24.3 Å². The number of ether oxygens (including phenoxy) is 2. The van der Waals surface area contributed by atoms with Crippen LogP contribution in [0, 0.1) is 0 Å². The molecule has 0 fully saturated rings. The predicted octanol–water partition coefficient (Wildman–Crippen LogP) is 2.34. The number of aldehydes is 1. The Kier molecular flexibility index (Phi) is 13.5. The van der Waals surface area contributed by atoms with Gasteiger partial charge in [-0.05, 0) is 29.3 Å². The van der Waals surface area contributed by atoms with Gasteiger partial charge in [-0.1, -0.05) is 16.9 Å². The summed E-state index contributed by atoms with van der Waals surface area (Å²) in [5.74, 6) is 0.774. The molecule has 0 aromatic carbocycles. The Bertz CT molecular complexity index is 449. The third-order valence-electron chi connectivity index (χ3n) is 2.72. The average molecular weight is 373 g/mol. The number of aromatic nitrogens is 1. The van der Waals surface area contributed by atoms with Crippen LogP contribution in [-0.4, -0.2) is 55.9 Å². The first-order valence-corrected chi connectivity index (χ1v) is 10.2. The maximum absolute atomic E-state index is 11.6. The molecule has 1 aromatic heterocycles. The van der Waals surface area contributed by atoms with Crippen molar-refractivity contribution in [3.63, 3.8) is 0 Å². The quantitative estimate of drug-likeness (QED) is 0.288. The average Bonchev–Trinajstić information content (AvgIpc) is 2.61.